The van der Waals surface area contributed by atoms with E-state index in [9.17, 15) is 13.2 Å². The number of nitrogens with one attached hydrogen (secondary N) is 1. The minimum Gasteiger partial charge on any atom is -0.348 e. The Kier molecular flexibility index (Phi) is 7.03. The summed E-state index contributed by atoms with van der Waals surface area (Å²) in [6, 6.07) is 20.5. The molecular weight excluding hydrogens is 432 g/mol. The van der Waals surface area contributed by atoms with Crippen LogP contribution in [0.4, 0.5) is 5.69 Å². The van der Waals surface area contributed by atoms with Crippen molar-refractivity contribution in [2.24, 2.45) is 0 Å². The molecule has 7 heteroatoms. The molecule has 0 aliphatic heterocycles. The summed E-state index contributed by atoms with van der Waals surface area (Å²) in [7, 11) is -3.97. The Morgan fingerprint density at radius 3 is 2.13 bits per heavy atom. The van der Waals surface area contributed by atoms with E-state index in [0.717, 1.165) is 21.0 Å². The molecule has 1 N–H and O–H groups in total. The maximum atomic E-state index is 13.4. The second-order valence-corrected chi connectivity index (χ2v) is 9.80. The maximum Gasteiger partial charge on any atom is 0.264 e. The van der Waals surface area contributed by atoms with Gasteiger partial charge in [0.25, 0.3) is 10.0 Å². The van der Waals surface area contributed by atoms with Gasteiger partial charge in [0.2, 0.25) is 5.91 Å². The number of sulfonamides is 1. The predicted molar refractivity (Wildman–Crippen MR) is 125 cm³/mol. The van der Waals surface area contributed by atoms with Gasteiger partial charge in [-0.15, -0.1) is 0 Å². The summed E-state index contributed by atoms with van der Waals surface area (Å²) in [5, 5.41) is 3.27. The predicted octanol–water partition coefficient (Wildman–Crippen LogP) is 5.03. The van der Waals surface area contributed by atoms with Crippen LogP contribution in [-0.2, 0) is 14.8 Å². The van der Waals surface area contributed by atoms with Gasteiger partial charge in [0.1, 0.15) is 6.54 Å². The topological polar surface area (TPSA) is 66.5 Å². The highest BCUT2D eigenvalue weighted by molar-refractivity contribution is 7.92. The first-order valence-corrected chi connectivity index (χ1v) is 11.7. The summed E-state index contributed by atoms with van der Waals surface area (Å²) in [6.45, 7) is 5.37. The van der Waals surface area contributed by atoms with Gasteiger partial charge in [0, 0.05) is 5.02 Å². The highest BCUT2D eigenvalue weighted by atomic mass is 35.5. The van der Waals surface area contributed by atoms with E-state index in [1.165, 1.54) is 18.2 Å². The normalized spacial score (nSPS) is 12.3. The van der Waals surface area contributed by atoms with Crippen molar-refractivity contribution in [1.29, 1.82) is 0 Å². The van der Waals surface area contributed by atoms with Crippen LogP contribution >= 0.6 is 11.6 Å². The number of aryl methyl sites for hydroxylation is 2. The van der Waals surface area contributed by atoms with Crippen molar-refractivity contribution in [2.45, 2.75) is 31.7 Å². The molecule has 162 valence electrons. The van der Waals surface area contributed by atoms with Gasteiger partial charge in [-0.3, -0.25) is 9.10 Å². The molecule has 0 bridgehead atoms. The third kappa shape index (κ3) is 5.66. The van der Waals surface area contributed by atoms with Crippen LogP contribution in [0, 0.1) is 13.8 Å². The zero-order chi connectivity index (χ0) is 22.6. The number of amides is 1. The molecule has 0 fully saturated rings. The monoisotopic (exact) mass is 456 g/mol. The lowest BCUT2D eigenvalue weighted by Crippen LogP contribution is -2.41. The number of benzene rings is 3. The Balaban J connectivity index is 1.89. The van der Waals surface area contributed by atoms with Crippen molar-refractivity contribution in [3.05, 3.63) is 94.5 Å². The lowest BCUT2D eigenvalue weighted by Gasteiger charge is -2.25. The minimum atomic E-state index is -3.97. The number of hydrogen-bond acceptors (Lipinski definition) is 3. The van der Waals surface area contributed by atoms with Crippen LogP contribution in [0.1, 0.15) is 29.7 Å². The first-order valence-electron chi connectivity index (χ1n) is 9.88. The molecule has 0 saturated heterocycles. The second kappa shape index (κ2) is 9.54. The van der Waals surface area contributed by atoms with E-state index in [-0.39, 0.29) is 17.5 Å². The number of halogens is 1. The fraction of sp³-hybridized carbons (Fsp3) is 0.208. The Morgan fingerprint density at radius 2 is 1.55 bits per heavy atom. The van der Waals surface area contributed by atoms with Crippen LogP contribution in [0.25, 0.3) is 0 Å². The number of rotatable bonds is 7. The molecule has 0 aliphatic rings. The molecule has 3 rings (SSSR count). The molecule has 3 aromatic rings. The molecular formula is C24H25ClN2O3S. The van der Waals surface area contributed by atoms with Gasteiger partial charge < -0.3 is 5.32 Å². The average molecular weight is 457 g/mol. The zero-order valence-corrected chi connectivity index (χ0v) is 19.2. The quantitative estimate of drug-likeness (QED) is 0.542. The molecule has 0 heterocycles. The van der Waals surface area contributed by atoms with Crippen LogP contribution in [0.2, 0.25) is 5.02 Å². The highest BCUT2D eigenvalue weighted by Gasteiger charge is 2.28. The van der Waals surface area contributed by atoms with Gasteiger partial charge in [0.05, 0.1) is 16.6 Å². The smallest absolute Gasteiger partial charge is 0.264 e. The van der Waals surface area contributed by atoms with Gasteiger partial charge in [-0.25, -0.2) is 8.42 Å². The summed E-state index contributed by atoms with van der Waals surface area (Å²) in [6.07, 6.45) is 0. The number of anilines is 1. The molecule has 3 aromatic carbocycles. The molecule has 1 atom stereocenters. The van der Waals surface area contributed by atoms with Gasteiger partial charge in [-0.1, -0.05) is 65.2 Å². The lowest BCUT2D eigenvalue weighted by molar-refractivity contribution is -0.120. The van der Waals surface area contributed by atoms with Crippen LogP contribution in [0.15, 0.2) is 77.7 Å². The summed E-state index contributed by atoms with van der Waals surface area (Å²) in [5.74, 6) is -0.413. The molecule has 0 radical (unpaired) electrons. The molecule has 31 heavy (non-hydrogen) atoms. The van der Waals surface area contributed by atoms with Gasteiger partial charge in [0.15, 0.2) is 0 Å². The molecule has 0 spiro atoms. The Labute approximate surface area is 188 Å². The van der Waals surface area contributed by atoms with Crippen molar-refractivity contribution < 1.29 is 13.2 Å². The highest BCUT2D eigenvalue weighted by Crippen LogP contribution is 2.26. The van der Waals surface area contributed by atoms with Crippen LogP contribution in [-0.4, -0.2) is 20.9 Å². The van der Waals surface area contributed by atoms with Crippen molar-refractivity contribution in [3.63, 3.8) is 0 Å². The van der Waals surface area contributed by atoms with E-state index in [2.05, 4.69) is 5.32 Å². The fourth-order valence-electron chi connectivity index (χ4n) is 3.14. The summed E-state index contributed by atoms with van der Waals surface area (Å²) in [5.41, 5.74) is 3.33. The SMILES string of the molecule is Cc1ccc(C(C)NC(=O)CN(c2cccc(Cl)c2)S(=O)(=O)c2ccc(C)cc2)cc1. The molecule has 0 aliphatic carbocycles. The fourth-order valence-corrected chi connectivity index (χ4v) is 4.74. The van der Waals surface area contributed by atoms with E-state index in [0.29, 0.717) is 10.7 Å². The summed E-state index contributed by atoms with van der Waals surface area (Å²) < 4.78 is 27.9. The first-order chi connectivity index (χ1) is 14.7. The maximum absolute atomic E-state index is 13.4. The average Bonchev–Trinajstić information content (AvgIpc) is 2.72. The number of carbonyl (C=O) groups is 1. The van der Waals surface area contributed by atoms with E-state index < -0.39 is 15.9 Å². The molecule has 0 saturated carbocycles. The first kappa shape index (κ1) is 22.8. The van der Waals surface area contributed by atoms with Gasteiger partial charge in [-0.2, -0.15) is 0 Å². The third-order valence-corrected chi connectivity index (χ3v) is 6.97. The summed E-state index contributed by atoms with van der Waals surface area (Å²) in [4.78, 5) is 13.0. The molecule has 1 amide bonds. The second-order valence-electron chi connectivity index (χ2n) is 7.50. The molecule has 1 unspecified atom stereocenters. The Hall–Kier alpha value is -2.83. The number of nitrogens with zero attached hydrogens (tertiary/aromatic N) is 1. The van der Waals surface area contributed by atoms with Crippen LogP contribution in [0.5, 0.6) is 0 Å². The van der Waals surface area contributed by atoms with E-state index in [4.69, 9.17) is 11.6 Å². The van der Waals surface area contributed by atoms with Crippen LogP contribution < -0.4 is 9.62 Å². The van der Waals surface area contributed by atoms with E-state index in [1.807, 2.05) is 45.0 Å². The third-order valence-electron chi connectivity index (χ3n) is 4.95. The van der Waals surface area contributed by atoms with Crippen molar-refractivity contribution in [1.82, 2.24) is 5.32 Å². The van der Waals surface area contributed by atoms with Gasteiger partial charge >= 0.3 is 0 Å². The van der Waals surface area contributed by atoms with Crippen molar-refractivity contribution >= 4 is 33.2 Å². The summed E-state index contributed by atoms with van der Waals surface area (Å²) >= 11 is 6.10. The Bertz CT molecular complexity index is 1160. The van der Waals surface area contributed by atoms with E-state index >= 15 is 0 Å². The standard InChI is InChI=1S/C24H25ClN2O3S/c1-17-7-11-20(12-8-17)19(3)26-24(28)16-27(22-6-4-5-21(25)15-22)31(29,30)23-13-9-18(2)10-14-23/h4-15,19H,16H2,1-3H3,(H,26,28). The zero-order valence-electron chi connectivity index (χ0n) is 17.7. The Morgan fingerprint density at radius 1 is 0.968 bits per heavy atom. The lowest BCUT2D eigenvalue weighted by atomic mass is 10.1. The largest absolute Gasteiger partial charge is 0.348 e. The van der Waals surface area contributed by atoms with Gasteiger partial charge in [-0.05, 0) is 56.7 Å². The van der Waals surface area contributed by atoms with Crippen molar-refractivity contribution in [2.75, 3.05) is 10.8 Å². The molecule has 5 nitrogen and oxygen atoms in total. The van der Waals surface area contributed by atoms with Crippen molar-refractivity contribution in [3.8, 4) is 0 Å². The minimum absolute atomic E-state index is 0.109. The number of hydrogen-bond donors (Lipinski definition) is 1. The number of carbonyl (C=O) groups excluding carboxylic acids is 1. The van der Waals surface area contributed by atoms with Crippen LogP contribution in [0.3, 0.4) is 0 Å². The van der Waals surface area contributed by atoms with E-state index in [1.54, 1.807) is 30.3 Å². The molecule has 0 aromatic heterocycles.